The van der Waals surface area contributed by atoms with Crippen LogP contribution in [0.15, 0.2) is 124 Å². The fourth-order valence-corrected chi connectivity index (χ4v) is 4.70. The predicted molar refractivity (Wildman–Crippen MR) is 127 cm³/mol. The Labute approximate surface area is 185 Å². The van der Waals surface area contributed by atoms with E-state index in [1.807, 2.05) is 84.9 Å². The van der Waals surface area contributed by atoms with E-state index < -0.39 is 0 Å². The summed E-state index contributed by atoms with van der Waals surface area (Å²) in [5.41, 5.74) is 2.67. The van der Waals surface area contributed by atoms with E-state index in [-0.39, 0.29) is 5.91 Å². The lowest BCUT2D eigenvalue weighted by atomic mass is 10.1. The third-order valence-corrected chi connectivity index (χ3v) is 6.64. The van der Waals surface area contributed by atoms with Gasteiger partial charge in [0, 0.05) is 26.0 Å². The lowest BCUT2D eigenvalue weighted by Gasteiger charge is -2.11. The Morgan fingerprint density at radius 3 is 1.97 bits per heavy atom. The molecule has 0 aromatic heterocycles. The summed E-state index contributed by atoms with van der Waals surface area (Å²) in [6.07, 6.45) is 0. The second-order valence-electron chi connectivity index (χ2n) is 6.66. The van der Waals surface area contributed by atoms with E-state index in [1.54, 1.807) is 23.5 Å². The fourth-order valence-electron chi connectivity index (χ4n) is 2.90. The van der Waals surface area contributed by atoms with Crippen LogP contribution in [0, 0.1) is 0 Å². The van der Waals surface area contributed by atoms with E-state index in [4.69, 9.17) is 0 Å². The smallest absolute Gasteiger partial charge is 0.255 e. The van der Waals surface area contributed by atoms with Crippen LogP contribution in [0.2, 0.25) is 0 Å². The highest BCUT2D eigenvalue weighted by Gasteiger charge is 2.10. The molecular weight excluding hydrogens is 406 g/mol. The Balaban J connectivity index is 1.40. The first-order valence-corrected chi connectivity index (χ1v) is 11.5. The van der Waals surface area contributed by atoms with Crippen LogP contribution < -0.4 is 5.32 Å². The number of carbonyl (C=O) groups excluding carboxylic acids is 1. The molecule has 148 valence electrons. The van der Waals surface area contributed by atoms with Crippen LogP contribution in [-0.4, -0.2) is 5.91 Å². The molecule has 30 heavy (non-hydrogen) atoms. The summed E-state index contributed by atoms with van der Waals surface area (Å²) in [6.45, 7) is 0. The van der Waals surface area contributed by atoms with E-state index in [2.05, 4.69) is 29.6 Å². The molecule has 2 nitrogen and oxygen atoms in total. The summed E-state index contributed by atoms with van der Waals surface area (Å²) in [7, 11) is 0. The lowest BCUT2D eigenvalue weighted by molar-refractivity contribution is 0.102. The van der Waals surface area contributed by atoms with Crippen molar-refractivity contribution < 1.29 is 4.79 Å². The standard InChI is InChI=1S/C26H21NOS2/c28-26(21-17-15-20(16-18-21)19-29-22-9-3-1-4-10-22)27-24-13-7-8-14-25(24)30-23-11-5-2-6-12-23/h1-18H,19H2,(H,27,28). The highest BCUT2D eigenvalue weighted by Crippen LogP contribution is 2.33. The number of carbonyl (C=O) groups is 1. The van der Waals surface area contributed by atoms with Crippen molar-refractivity contribution in [2.45, 2.75) is 20.4 Å². The second-order valence-corrected chi connectivity index (χ2v) is 8.83. The van der Waals surface area contributed by atoms with Gasteiger partial charge in [-0.2, -0.15) is 0 Å². The predicted octanol–water partition coefficient (Wildman–Crippen LogP) is 7.38. The molecule has 1 amide bonds. The molecule has 0 saturated carbocycles. The first-order chi connectivity index (χ1) is 14.8. The molecule has 0 unspecified atom stereocenters. The maximum absolute atomic E-state index is 12.8. The zero-order valence-electron chi connectivity index (χ0n) is 16.3. The van der Waals surface area contributed by atoms with Gasteiger partial charge < -0.3 is 5.32 Å². The van der Waals surface area contributed by atoms with Crippen LogP contribution in [0.4, 0.5) is 5.69 Å². The van der Waals surface area contributed by atoms with Gasteiger partial charge in [-0.05, 0) is 54.1 Å². The van der Waals surface area contributed by atoms with Crippen molar-refractivity contribution >= 4 is 35.1 Å². The minimum absolute atomic E-state index is 0.0987. The molecular formula is C26H21NOS2. The normalized spacial score (nSPS) is 10.5. The minimum Gasteiger partial charge on any atom is -0.321 e. The van der Waals surface area contributed by atoms with Gasteiger partial charge in [-0.25, -0.2) is 0 Å². The zero-order chi connectivity index (χ0) is 20.6. The SMILES string of the molecule is O=C(Nc1ccccc1Sc1ccccc1)c1ccc(CSc2ccccc2)cc1. The number of anilines is 1. The van der Waals surface area contributed by atoms with Crippen molar-refractivity contribution in [1.29, 1.82) is 0 Å². The maximum Gasteiger partial charge on any atom is 0.255 e. The monoisotopic (exact) mass is 427 g/mol. The van der Waals surface area contributed by atoms with Crippen LogP contribution in [-0.2, 0) is 5.75 Å². The molecule has 0 aliphatic carbocycles. The van der Waals surface area contributed by atoms with Gasteiger partial charge in [0.15, 0.2) is 0 Å². The van der Waals surface area contributed by atoms with Crippen LogP contribution in [0.5, 0.6) is 0 Å². The Morgan fingerprint density at radius 1 is 0.667 bits per heavy atom. The lowest BCUT2D eigenvalue weighted by Crippen LogP contribution is -2.12. The molecule has 0 spiro atoms. The van der Waals surface area contributed by atoms with Crippen molar-refractivity contribution in [3.8, 4) is 0 Å². The summed E-state index contributed by atoms with van der Waals surface area (Å²) in [4.78, 5) is 16.2. The highest BCUT2D eigenvalue weighted by atomic mass is 32.2. The summed E-state index contributed by atoms with van der Waals surface area (Å²) in [5.74, 6) is 0.779. The van der Waals surface area contributed by atoms with Gasteiger partial charge in [0.1, 0.15) is 0 Å². The molecule has 0 fully saturated rings. The van der Waals surface area contributed by atoms with E-state index in [0.717, 1.165) is 21.2 Å². The molecule has 0 bridgehead atoms. The molecule has 4 rings (SSSR count). The van der Waals surface area contributed by atoms with Gasteiger partial charge >= 0.3 is 0 Å². The van der Waals surface area contributed by atoms with Crippen molar-refractivity contribution in [2.75, 3.05) is 5.32 Å². The topological polar surface area (TPSA) is 29.1 Å². The van der Waals surface area contributed by atoms with E-state index in [0.29, 0.717) is 5.56 Å². The van der Waals surface area contributed by atoms with Gasteiger partial charge in [0.25, 0.3) is 5.91 Å². The first kappa shape index (κ1) is 20.3. The maximum atomic E-state index is 12.8. The van der Waals surface area contributed by atoms with Gasteiger partial charge in [-0.15, -0.1) is 11.8 Å². The molecule has 4 aromatic rings. The van der Waals surface area contributed by atoms with Crippen LogP contribution in [0.25, 0.3) is 0 Å². The number of amides is 1. The number of benzene rings is 4. The average molecular weight is 428 g/mol. The molecule has 0 aliphatic rings. The van der Waals surface area contributed by atoms with E-state index in [9.17, 15) is 4.79 Å². The van der Waals surface area contributed by atoms with Gasteiger partial charge in [0.05, 0.1) is 5.69 Å². The molecule has 1 N–H and O–H groups in total. The summed E-state index contributed by atoms with van der Waals surface area (Å²) < 4.78 is 0. The second kappa shape index (κ2) is 10.2. The molecule has 4 heteroatoms. The number of thioether (sulfide) groups is 1. The Bertz CT molecular complexity index is 1100. The third kappa shape index (κ3) is 5.56. The fraction of sp³-hybridized carbons (Fsp3) is 0.0385. The zero-order valence-corrected chi connectivity index (χ0v) is 18.0. The van der Waals surface area contributed by atoms with E-state index >= 15 is 0 Å². The van der Waals surface area contributed by atoms with Crippen molar-refractivity contribution in [2.24, 2.45) is 0 Å². The number of para-hydroxylation sites is 1. The average Bonchev–Trinajstić information content (AvgIpc) is 2.81. The van der Waals surface area contributed by atoms with Gasteiger partial charge in [-0.3, -0.25) is 4.79 Å². The summed E-state index contributed by atoms with van der Waals surface area (Å²) in [5, 5.41) is 3.06. The number of rotatable bonds is 7. The molecule has 0 heterocycles. The minimum atomic E-state index is -0.0987. The number of hydrogen-bond donors (Lipinski definition) is 1. The Hall–Kier alpha value is -2.95. The van der Waals surface area contributed by atoms with Crippen LogP contribution >= 0.6 is 23.5 Å². The molecule has 0 saturated heterocycles. The number of nitrogens with one attached hydrogen (secondary N) is 1. The summed E-state index contributed by atoms with van der Waals surface area (Å²) >= 11 is 3.43. The van der Waals surface area contributed by atoms with Crippen molar-refractivity contribution in [1.82, 2.24) is 0 Å². The Morgan fingerprint density at radius 2 is 1.27 bits per heavy atom. The third-order valence-electron chi connectivity index (χ3n) is 4.47. The highest BCUT2D eigenvalue weighted by molar-refractivity contribution is 7.99. The van der Waals surface area contributed by atoms with Gasteiger partial charge in [-0.1, -0.05) is 72.4 Å². The van der Waals surface area contributed by atoms with Crippen molar-refractivity contribution in [3.63, 3.8) is 0 Å². The molecule has 4 aromatic carbocycles. The quantitative estimate of drug-likeness (QED) is 0.312. The first-order valence-electron chi connectivity index (χ1n) is 9.68. The van der Waals surface area contributed by atoms with Crippen LogP contribution in [0.3, 0.4) is 0 Å². The number of hydrogen-bond acceptors (Lipinski definition) is 3. The molecule has 0 aliphatic heterocycles. The van der Waals surface area contributed by atoms with Gasteiger partial charge in [0.2, 0.25) is 0 Å². The summed E-state index contributed by atoms with van der Waals surface area (Å²) in [6, 6.07) is 36.2. The molecule has 0 radical (unpaired) electrons. The van der Waals surface area contributed by atoms with Crippen LogP contribution in [0.1, 0.15) is 15.9 Å². The molecule has 0 atom stereocenters. The van der Waals surface area contributed by atoms with E-state index in [1.165, 1.54) is 10.5 Å². The van der Waals surface area contributed by atoms with Crippen molar-refractivity contribution in [3.05, 3.63) is 120 Å². The largest absolute Gasteiger partial charge is 0.321 e. The Kier molecular flexibility index (Phi) is 6.91.